The predicted octanol–water partition coefficient (Wildman–Crippen LogP) is 6.37. The highest BCUT2D eigenvalue weighted by Crippen LogP contribution is 2.43. The molecule has 1 amide bonds. The van der Waals surface area contributed by atoms with Crippen LogP contribution in [0.15, 0.2) is 78.9 Å². The lowest BCUT2D eigenvalue weighted by molar-refractivity contribution is -0.151. The van der Waals surface area contributed by atoms with Crippen LogP contribution in [0, 0.1) is 12.3 Å². The van der Waals surface area contributed by atoms with Gasteiger partial charge in [0.2, 0.25) is 5.91 Å². The maximum absolute atomic E-state index is 13.5. The van der Waals surface area contributed by atoms with Gasteiger partial charge in [-0.15, -0.1) is 0 Å². The number of pyridine rings is 1. The molecule has 2 fully saturated rings. The normalized spacial score (nSPS) is 21.1. The number of aromatic nitrogens is 1. The Kier molecular flexibility index (Phi) is 7.09. The maximum atomic E-state index is 13.5. The summed E-state index contributed by atoms with van der Waals surface area (Å²) < 4.78 is 6.26. The quantitative estimate of drug-likeness (QED) is 0.322. The van der Waals surface area contributed by atoms with Crippen LogP contribution < -0.4 is 5.73 Å². The van der Waals surface area contributed by atoms with E-state index in [-0.39, 0.29) is 17.4 Å². The molecule has 6 rings (SSSR count). The van der Waals surface area contributed by atoms with Gasteiger partial charge in [-0.05, 0) is 85.0 Å². The van der Waals surface area contributed by atoms with Crippen LogP contribution in [0.25, 0.3) is 22.0 Å². The Morgan fingerprint density at radius 2 is 1.90 bits per heavy atom. The average Bonchev–Trinajstić information content (AvgIpc) is 2.96. The van der Waals surface area contributed by atoms with Crippen LogP contribution in [0.2, 0.25) is 0 Å². The van der Waals surface area contributed by atoms with E-state index in [0.717, 1.165) is 67.4 Å². The fourth-order valence-electron chi connectivity index (χ4n) is 6.66. The fourth-order valence-corrected chi connectivity index (χ4v) is 6.66. The van der Waals surface area contributed by atoms with E-state index in [9.17, 15) is 4.79 Å². The molecule has 2 N–H and O–H groups in total. The number of nitrogens with two attached hydrogens (primary N) is 1. The molecule has 39 heavy (non-hydrogen) atoms. The number of amides is 1. The molecular formula is C34H37N3O2. The molecule has 3 heterocycles. The Labute approximate surface area is 231 Å². The first kappa shape index (κ1) is 25.6. The standard InChI is InChI=1S/C34H37N3O2/c1-24-8-5-6-11-29(24)26-12-14-30-28(20-26)21-27(33(35)36-30)13-15-32(38)37-18-16-31-34(23-37,17-7-19-39-31)22-25-9-3-2-4-10-25/h2-6,8-12,14,20-21,31H,7,13,15-19,22-23H2,1H3,(H2,35,36)/t31-,34-/m1/s1. The first-order chi connectivity index (χ1) is 19.0. The van der Waals surface area contributed by atoms with Gasteiger partial charge in [0, 0.05) is 36.9 Å². The number of fused-ring (bicyclic) bond motifs is 2. The van der Waals surface area contributed by atoms with Crippen molar-refractivity contribution in [1.82, 2.24) is 9.88 Å². The van der Waals surface area contributed by atoms with E-state index in [4.69, 9.17) is 10.5 Å². The van der Waals surface area contributed by atoms with Gasteiger partial charge in [0.15, 0.2) is 0 Å². The van der Waals surface area contributed by atoms with Crippen molar-refractivity contribution in [2.45, 2.75) is 51.6 Å². The van der Waals surface area contributed by atoms with Crippen molar-refractivity contribution in [3.05, 3.63) is 95.6 Å². The molecule has 0 bridgehead atoms. The summed E-state index contributed by atoms with van der Waals surface area (Å²) in [6.07, 6.45) is 5.24. The van der Waals surface area contributed by atoms with E-state index in [1.54, 1.807) is 0 Å². The highest BCUT2D eigenvalue weighted by Gasteiger charge is 2.46. The van der Waals surface area contributed by atoms with Crippen LogP contribution in [0.4, 0.5) is 5.82 Å². The van der Waals surface area contributed by atoms with E-state index in [1.807, 2.05) is 6.07 Å². The molecule has 3 aromatic carbocycles. The second kappa shape index (κ2) is 10.8. The van der Waals surface area contributed by atoms with E-state index < -0.39 is 0 Å². The molecule has 2 aliphatic rings. The Bertz CT molecular complexity index is 1480. The number of anilines is 1. The van der Waals surface area contributed by atoms with Crippen molar-refractivity contribution in [3.63, 3.8) is 0 Å². The molecule has 0 aliphatic carbocycles. The molecule has 5 nitrogen and oxygen atoms in total. The summed E-state index contributed by atoms with van der Waals surface area (Å²) in [5.41, 5.74) is 13.1. The summed E-state index contributed by atoms with van der Waals surface area (Å²) in [5, 5.41) is 1.05. The van der Waals surface area contributed by atoms with Crippen molar-refractivity contribution >= 4 is 22.6 Å². The van der Waals surface area contributed by atoms with Crippen LogP contribution in [0.1, 0.15) is 42.4 Å². The molecule has 2 atom stereocenters. The van der Waals surface area contributed by atoms with Gasteiger partial charge in [-0.1, -0.05) is 60.7 Å². The van der Waals surface area contributed by atoms with E-state index in [0.29, 0.717) is 18.7 Å². The third-order valence-electron chi connectivity index (χ3n) is 8.73. The zero-order valence-corrected chi connectivity index (χ0v) is 22.7. The Morgan fingerprint density at radius 1 is 1.08 bits per heavy atom. The van der Waals surface area contributed by atoms with Crippen molar-refractivity contribution in [1.29, 1.82) is 0 Å². The molecule has 2 saturated heterocycles. The van der Waals surface area contributed by atoms with E-state index in [2.05, 4.69) is 89.6 Å². The largest absolute Gasteiger partial charge is 0.383 e. The molecular weight excluding hydrogens is 482 g/mol. The first-order valence-corrected chi connectivity index (χ1v) is 14.2. The monoisotopic (exact) mass is 519 g/mol. The minimum Gasteiger partial charge on any atom is -0.383 e. The minimum absolute atomic E-state index is 0.0109. The molecule has 1 aromatic heterocycles. The zero-order valence-electron chi connectivity index (χ0n) is 22.7. The Morgan fingerprint density at radius 3 is 2.74 bits per heavy atom. The van der Waals surface area contributed by atoms with Gasteiger partial charge in [-0.25, -0.2) is 4.98 Å². The van der Waals surface area contributed by atoms with Gasteiger partial charge in [-0.3, -0.25) is 4.79 Å². The van der Waals surface area contributed by atoms with Gasteiger partial charge in [-0.2, -0.15) is 0 Å². The third-order valence-corrected chi connectivity index (χ3v) is 8.73. The van der Waals surface area contributed by atoms with Crippen molar-refractivity contribution < 1.29 is 9.53 Å². The lowest BCUT2D eigenvalue weighted by atomic mass is 9.68. The summed E-state index contributed by atoms with van der Waals surface area (Å²) in [5.74, 6) is 0.707. The van der Waals surface area contributed by atoms with Crippen LogP contribution in [-0.4, -0.2) is 41.6 Å². The highest BCUT2D eigenvalue weighted by molar-refractivity contribution is 5.87. The summed E-state index contributed by atoms with van der Waals surface area (Å²) in [7, 11) is 0. The number of carbonyl (C=O) groups is 1. The number of ether oxygens (including phenoxy) is 1. The number of carbonyl (C=O) groups excluding carboxylic acids is 1. The molecule has 2 aliphatic heterocycles. The number of nitrogen functional groups attached to an aromatic ring is 1. The second-order valence-electron chi connectivity index (χ2n) is 11.3. The smallest absolute Gasteiger partial charge is 0.222 e. The number of hydrogen-bond acceptors (Lipinski definition) is 4. The molecule has 0 unspecified atom stereocenters. The number of piperidine rings is 1. The van der Waals surface area contributed by atoms with Crippen LogP contribution in [0.3, 0.4) is 0 Å². The first-order valence-electron chi connectivity index (χ1n) is 14.2. The number of likely N-dealkylation sites (tertiary alicyclic amines) is 1. The maximum Gasteiger partial charge on any atom is 0.222 e. The molecule has 200 valence electrons. The van der Waals surface area contributed by atoms with Crippen molar-refractivity contribution in [3.8, 4) is 11.1 Å². The van der Waals surface area contributed by atoms with Crippen molar-refractivity contribution in [2.24, 2.45) is 5.41 Å². The average molecular weight is 520 g/mol. The minimum atomic E-state index is -0.0109. The van der Waals surface area contributed by atoms with Gasteiger partial charge >= 0.3 is 0 Å². The molecule has 4 aromatic rings. The van der Waals surface area contributed by atoms with Crippen molar-refractivity contribution in [2.75, 3.05) is 25.4 Å². The molecule has 0 radical (unpaired) electrons. The molecule has 5 heteroatoms. The molecule has 0 saturated carbocycles. The number of hydrogen-bond donors (Lipinski definition) is 1. The lowest BCUT2D eigenvalue weighted by Crippen LogP contribution is -2.57. The van der Waals surface area contributed by atoms with Crippen LogP contribution in [-0.2, 0) is 22.4 Å². The molecule has 0 spiro atoms. The predicted molar refractivity (Wildman–Crippen MR) is 157 cm³/mol. The zero-order chi connectivity index (χ0) is 26.8. The Balaban J connectivity index is 1.18. The van der Waals surface area contributed by atoms with E-state index in [1.165, 1.54) is 16.7 Å². The number of aryl methyl sites for hydroxylation is 2. The summed E-state index contributed by atoms with van der Waals surface area (Å²) in [4.78, 5) is 20.3. The van der Waals surface area contributed by atoms with Gasteiger partial charge in [0.05, 0.1) is 11.6 Å². The Hall–Kier alpha value is -3.70. The number of benzene rings is 3. The number of nitrogens with zero attached hydrogens (tertiary/aromatic N) is 2. The van der Waals surface area contributed by atoms with Gasteiger partial charge in [0.25, 0.3) is 0 Å². The van der Waals surface area contributed by atoms with Gasteiger partial charge < -0.3 is 15.4 Å². The van der Waals surface area contributed by atoms with E-state index >= 15 is 0 Å². The third kappa shape index (κ3) is 5.28. The van der Waals surface area contributed by atoms with Gasteiger partial charge in [0.1, 0.15) is 5.82 Å². The fraction of sp³-hybridized carbons (Fsp3) is 0.353. The lowest BCUT2D eigenvalue weighted by Gasteiger charge is -2.51. The topological polar surface area (TPSA) is 68.5 Å². The summed E-state index contributed by atoms with van der Waals surface area (Å²) >= 11 is 0. The second-order valence-corrected chi connectivity index (χ2v) is 11.3. The highest BCUT2D eigenvalue weighted by atomic mass is 16.5. The van der Waals surface area contributed by atoms with Crippen LogP contribution in [0.5, 0.6) is 0 Å². The van der Waals surface area contributed by atoms with Crippen LogP contribution >= 0.6 is 0 Å². The summed E-state index contributed by atoms with van der Waals surface area (Å²) in [6, 6.07) is 27.5. The number of rotatable bonds is 6. The summed E-state index contributed by atoms with van der Waals surface area (Å²) in [6.45, 7) is 4.47. The SMILES string of the molecule is Cc1ccccc1-c1ccc2nc(N)c(CCC(=O)N3CC[C@H]4OCCC[C@@]4(Cc4ccccc4)C3)cc2c1.